The zero-order valence-electron chi connectivity index (χ0n) is 8.27. The van der Waals surface area contributed by atoms with Gasteiger partial charge in [-0.2, -0.15) is 0 Å². The van der Waals surface area contributed by atoms with Gasteiger partial charge in [0.05, 0.1) is 0 Å². The molecule has 4 nitrogen and oxygen atoms in total. The van der Waals surface area contributed by atoms with Gasteiger partial charge >= 0.3 is 5.97 Å². The Balaban J connectivity index is 2.99. The van der Waals surface area contributed by atoms with Crippen LogP contribution in [0.3, 0.4) is 0 Å². The molecule has 4 heteroatoms. The maximum atomic E-state index is 11.3. The van der Waals surface area contributed by atoms with Crippen molar-refractivity contribution in [1.82, 2.24) is 5.32 Å². The molecule has 2 N–H and O–H groups in total. The second kappa shape index (κ2) is 4.59. The molecule has 0 aromatic rings. The summed E-state index contributed by atoms with van der Waals surface area (Å²) in [5.74, 6) is -2.92. The summed E-state index contributed by atoms with van der Waals surface area (Å²) in [5, 5.41) is 11.5. The summed E-state index contributed by atoms with van der Waals surface area (Å²) in [7, 11) is 0. The van der Waals surface area contributed by atoms with E-state index in [1.807, 2.05) is 0 Å². The van der Waals surface area contributed by atoms with Crippen LogP contribution in [0.2, 0.25) is 0 Å². The van der Waals surface area contributed by atoms with E-state index in [1.165, 1.54) is 0 Å². The van der Waals surface area contributed by atoms with Gasteiger partial charge in [-0.05, 0) is 5.57 Å². The fourth-order valence-corrected chi connectivity index (χ4v) is 1.69. The first-order valence-electron chi connectivity index (χ1n) is 4.57. The van der Waals surface area contributed by atoms with Gasteiger partial charge in [-0.3, -0.25) is 9.59 Å². The lowest BCUT2D eigenvalue weighted by Crippen LogP contribution is -2.27. The van der Waals surface area contributed by atoms with E-state index in [0.717, 1.165) is 5.57 Å². The number of carboxylic acid groups (broad SMARTS) is 1. The van der Waals surface area contributed by atoms with Crippen LogP contribution < -0.4 is 5.32 Å². The van der Waals surface area contributed by atoms with E-state index in [9.17, 15) is 9.59 Å². The van der Waals surface area contributed by atoms with Crippen LogP contribution in [0.1, 0.15) is 0 Å². The highest BCUT2D eigenvalue weighted by molar-refractivity contribution is 5.99. The van der Waals surface area contributed by atoms with Crippen LogP contribution in [-0.2, 0) is 9.59 Å². The van der Waals surface area contributed by atoms with Crippen molar-refractivity contribution in [2.45, 2.75) is 0 Å². The molecule has 2 atom stereocenters. The van der Waals surface area contributed by atoms with Crippen molar-refractivity contribution in [3.63, 3.8) is 0 Å². The van der Waals surface area contributed by atoms with Gasteiger partial charge in [0.1, 0.15) is 5.92 Å². The number of amides is 1. The third-order valence-corrected chi connectivity index (χ3v) is 2.42. The van der Waals surface area contributed by atoms with Gasteiger partial charge < -0.3 is 10.4 Å². The van der Waals surface area contributed by atoms with Gasteiger partial charge in [0.15, 0.2) is 0 Å². The summed E-state index contributed by atoms with van der Waals surface area (Å²) >= 11 is 0. The zero-order chi connectivity index (χ0) is 11.4. The molecule has 0 saturated carbocycles. The van der Waals surface area contributed by atoms with Crippen LogP contribution in [-0.4, -0.2) is 23.5 Å². The number of carbonyl (C=O) groups is 2. The minimum Gasteiger partial charge on any atom is -0.481 e. The number of rotatable bonds is 4. The molecule has 1 saturated heterocycles. The van der Waals surface area contributed by atoms with Gasteiger partial charge in [-0.15, -0.1) is 0 Å². The zero-order valence-corrected chi connectivity index (χ0v) is 8.27. The molecular formula is C11H13NO3. The average Bonchev–Trinajstić information content (AvgIpc) is 2.56. The normalized spacial score (nSPS) is 25.9. The van der Waals surface area contributed by atoms with Crippen LogP contribution in [0.4, 0.5) is 0 Å². The van der Waals surface area contributed by atoms with Crippen molar-refractivity contribution in [3.05, 3.63) is 37.0 Å². The van der Waals surface area contributed by atoms with Crippen molar-refractivity contribution in [3.8, 4) is 0 Å². The summed E-state index contributed by atoms with van der Waals surface area (Å²) in [6.45, 7) is 7.46. The van der Waals surface area contributed by atoms with E-state index < -0.39 is 17.8 Å². The highest BCUT2D eigenvalue weighted by Crippen LogP contribution is 2.26. The fraction of sp³-hybridized carbons (Fsp3) is 0.273. The first-order valence-corrected chi connectivity index (χ1v) is 4.57. The van der Waals surface area contributed by atoms with Crippen molar-refractivity contribution in [2.75, 3.05) is 6.54 Å². The maximum absolute atomic E-state index is 11.3. The summed E-state index contributed by atoms with van der Waals surface area (Å²) in [6, 6.07) is 0. The minimum absolute atomic E-state index is 0.335. The van der Waals surface area contributed by atoms with Crippen molar-refractivity contribution < 1.29 is 14.7 Å². The summed E-state index contributed by atoms with van der Waals surface area (Å²) in [4.78, 5) is 22.2. The maximum Gasteiger partial charge on any atom is 0.316 e. The SMILES string of the molecule is C=C/C=C(\C=C)C1CNC(=O)C1C(=O)O. The Kier molecular flexibility index (Phi) is 3.44. The van der Waals surface area contributed by atoms with Gasteiger partial charge in [0, 0.05) is 12.5 Å². The first-order chi connectivity index (χ1) is 7.11. The molecule has 0 radical (unpaired) electrons. The largest absolute Gasteiger partial charge is 0.481 e. The predicted molar refractivity (Wildman–Crippen MR) is 56.1 cm³/mol. The number of hydrogen-bond acceptors (Lipinski definition) is 2. The van der Waals surface area contributed by atoms with E-state index in [2.05, 4.69) is 18.5 Å². The van der Waals surface area contributed by atoms with Gasteiger partial charge in [0.2, 0.25) is 5.91 Å². The third-order valence-electron chi connectivity index (χ3n) is 2.42. The topological polar surface area (TPSA) is 66.4 Å². The van der Waals surface area contributed by atoms with Gasteiger partial charge in [-0.25, -0.2) is 0 Å². The second-order valence-corrected chi connectivity index (χ2v) is 3.27. The summed E-state index contributed by atoms with van der Waals surface area (Å²) in [6.07, 6.45) is 4.79. The number of carboxylic acids is 1. The molecule has 1 rings (SSSR count). The average molecular weight is 207 g/mol. The molecule has 80 valence electrons. The number of hydrogen-bond donors (Lipinski definition) is 2. The van der Waals surface area contributed by atoms with Crippen LogP contribution in [0, 0.1) is 11.8 Å². The Morgan fingerprint density at radius 1 is 1.53 bits per heavy atom. The van der Waals surface area contributed by atoms with Crippen LogP contribution in [0.25, 0.3) is 0 Å². The number of allylic oxidation sites excluding steroid dienone is 3. The van der Waals surface area contributed by atoms with Crippen molar-refractivity contribution in [1.29, 1.82) is 0 Å². The van der Waals surface area contributed by atoms with E-state index >= 15 is 0 Å². The summed E-state index contributed by atoms with van der Waals surface area (Å²) < 4.78 is 0. The molecule has 2 unspecified atom stereocenters. The number of carbonyl (C=O) groups excluding carboxylic acids is 1. The Morgan fingerprint density at radius 2 is 2.20 bits per heavy atom. The highest BCUT2D eigenvalue weighted by Gasteiger charge is 2.41. The van der Waals surface area contributed by atoms with E-state index in [1.54, 1.807) is 18.2 Å². The lowest BCUT2D eigenvalue weighted by molar-refractivity contribution is -0.146. The monoisotopic (exact) mass is 207 g/mol. The van der Waals surface area contributed by atoms with Crippen LogP contribution >= 0.6 is 0 Å². The standard InChI is InChI=1S/C11H13NO3/c1-3-5-7(4-2)8-6-12-10(13)9(8)11(14)15/h3-5,8-9H,1-2,6H2,(H,12,13)(H,14,15)/b7-5+. The first kappa shape index (κ1) is 11.2. The van der Waals surface area contributed by atoms with Gasteiger partial charge in [-0.1, -0.05) is 31.4 Å². The van der Waals surface area contributed by atoms with Crippen molar-refractivity contribution in [2.24, 2.45) is 11.8 Å². The smallest absolute Gasteiger partial charge is 0.316 e. The molecule has 0 aromatic carbocycles. The molecular weight excluding hydrogens is 194 g/mol. The molecule has 1 aliphatic heterocycles. The molecule has 0 aliphatic carbocycles. The van der Waals surface area contributed by atoms with Gasteiger partial charge in [0.25, 0.3) is 0 Å². The molecule has 1 heterocycles. The predicted octanol–water partition coefficient (Wildman–Crippen LogP) is 0.732. The van der Waals surface area contributed by atoms with E-state index in [-0.39, 0.29) is 5.92 Å². The van der Waals surface area contributed by atoms with Crippen LogP contribution in [0.15, 0.2) is 37.0 Å². The molecule has 0 aromatic heterocycles. The molecule has 0 bridgehead atoms. The number of aliphatic carboxylic acids is 1. The molecule has 1 fully saturated rings. The second-order valence-electron chi connectivity index (χ2n) is 3.27. The minimum atomic E-state index is -1.10. The Hall–Kier alpha value is -1.84. The highest BCUT2D eigenvalue weighted by atomic mass is 16.4. The van der Waals surface area contributed by atoms with Crippen LogP contribution in [0.5, 0.6) is 0 Å². The third kappa shape index (κ3) is 2.15. The quantitative estimate of drug-likeness (QED) is 0.527. The summed E-state index contributed by atoms with van der Waals surface area (Å²) in [5.41, 5.74) is 0.718. The molecule has 1 amide bonds. The lowest BCUT2D eigenvalue weighted by Gasteiger charge is -2.13. The Morgan fingerprint density at radius 3 is 2.67 bits per heavy atom. The van der Waals surface area contributed by atoms with E-state index in [0.29, 0.717) is 6.54 Å². The Labute approximate surface area is 88.0 Å². The number of nitrogens with one attached hydrogen (secondary N) is 1. The molecule has 0 spiro atoms. The lowest BCUT2D eigenvalue weighted by atomic mass is 9.88. The van der Waals surface area contributed by atoms with E-state index in [4.69, 9.17) is 5.11 Å². The molecule has 1 aliphatic rings. The molecule has 15 heavy (non-hydrogen) atoms. The van der Waals surface area contributed by atoms with Crippen molar-refractivity contribution >= 4 is 11.9 Å². The Bertz CT molecular complexity index is 344. The fourth-order valence-electron chi connectivity index (χ4n) is 1.69.